The number of ether oxygens (including phenoxy) is 4. The van der Waals surface area contributed by atoms with E-state index in [1.54, 1.807) is 27.4 Å². The molecule has 0 aliphatic heterocycles. The van der Waals surface area contributed by atoms with Crippen LogP contribution in [0.25, 0.3) is 0 Å². The van der Waals surface area contributed by atoms with E-state index in [0.717, 1.165) is 29.5 Å². The van der Waals surface area contributed by atoms with E-state index in [1.807, 2.05) is 18.2 Å². The van der Waals surface area contributed by atoms with Gasteiger partial charge in [-0.1, -0.05) is 13.0 Å². The Morgan fingerprint density at radius 3 is 2.07 bits per heavy atom. The maximum absolute atomic E-state index is 11.8. The number of hydrogen-bond donors (Lipinski definition) is 0. The van der Waals surface area contributed by atoms with Crippen LogP contribution in [0.4, 0.5) is 5.69 Å². The molecule has 0 N–H and O–H groups in total. The fourth-order valence-electron chi connectivity index (χ4n) is 4.20. The first kappa shape index (κ1) is 19.8. The van der Waals surface area contributed by atoms with Crippen LogP contribution in [0.15, 0.2) is 24.3 Å². The van der Waals surface area contributed by atoms with Crippen molar-refractivity contribution in [2.45, 2.75) is 31.6 Å². The molecule has 0 spiro atoms. The zero-order valence-corrected chi connectivity index (χ0v) is 16.8. The molecule has 1 aliphatic carbocycles. The van der Waals surface area contributed by atoms with Gasteiger partial charge < -0.3 is 18.9 Å². The summed E-state index contributed by atoms with van der Waals surface area (Å²) in [5, 5.41) is 11.8. The molecular weight excluding hydrogens is 362 g/mol. The largest absolute Gasteiger partial charge is 0.493 e. The minimum atomic E-state index is -0.433. The second-order valence-corrected chi connectivity index (χ2v) is 7.00. The Morgan fingerprint density at radius 1 is 0.964 bits per heavy atom. The summed E-state index contributed by atoms with van der Waals surface area (Å²) in [6, 6.07) is 7.46. The van der Waals surface area contributed by atoms with Crippen LogP contribution in [0.5, 0.6) is 23.0 Å². The molecule has 7 heteroatoms. The van der Waals surface area contributed by atoms with Gasteiger partial charge in [0.1, 0.15) is 0 Å². The third kappa shape index (κ3) is 3.00. The topological polar surface area (TPSA) is 80.1 Å². The average Bonchev–Trinajstić information content (AvgIpc) is 2.71. The Kier molecular flexibility index (Phi) is 5.36. The lowest BCUT2D eigenvalue weighted by atomic mass is 9.67. The van der Waals surface area contributed by atoms with E-state index in [9.17, 15) is 10.1 Å². The van der Waals surface area contributed by atoms with E-state index in [-0.39, 0.29) is 16.4 Å². The Morgan fingerprint density at radius 2 is 1.57 bits per heavy atom. The highest BCUT2D eigenvalue weighted by Gasteiger charge is 2.39. The lowest BCUT2D eigenvalue weighted by Crippen LogP contribution is -2.29. The van der Waals surface area contributed by atoms with Gasteiger partial charge in [0.05, 0.1) is 33.4 Å². The first-order valence-electron chi connectivity index (χ1n) is 9.06. The van der Waals surface area contributed by atoms with Gasteiger partial charge in [-0.15, -0.1) is 0 Å². The fraction of sp³-hybridized carbons (Fsp3) is 0.429. The average molecular weight is 387 g/mol. The highest BCUT2D eigenvalue weighted by Crippen LogP contribution is 2.50. The summed E-state index contributed by atoms with van der Waals surface area (Å²) < 4.78 is 21.7. The van der Waals surface area contributed by atoms with Crippen LogP contribution in [-0.2, 0) is 11.8 Å². The van der Waals surface area contributed by atoms with Gasteiger partial charge in [-0.3, -0.25) is 10.1 Å². The number of nitro groups is 1. The van der Waals surface area contributed by atoms with E-state index >= 15 is 0 Å². The minimum absolute atomic E-state index is 0.0540. The molecule has 28 heavy (non-hydrogen) atoms. The van der Waals surface area contributed by atoms with E-state index in [4.69, 9.17) is 18.9 Å². The van der Waals surface area contributed by atoms with Crippen LogP contribution < -0.4 is 18.9 Å². The Hall–Kier alpha value is -2.96. The molecule has 2 aromatic carbocycles. The third-order valence-electron chi connectivity index (χ3n) is 5.65. The molecule has 0 aromatic heterocycles. The third-order valence-corrected chi connectivity index (χ3v) is 5.65. The van der Waals surface area contributed by atoms with Gasteiger partial charge in [0, 0.05) is 11.0 Å². The molecule has 1 aliphatic rings. The summed E-state index contributed by atoms with van der Waals surface area (Å²) in [5.41, 5.74) is 2.24. The number of fused-ring (bicyclic) bond motifs is 1. The van der Waals surface area contributed by atoms with Crippen LogP contribution >= 0.6 is 0 Å². The van der Waals surface area contributed by atoms with Gasteiger partial charge >= 0.3 is 5.69 Å². The molecule has 7 nitrogen and oxygen atoms in total. The summed E-state index contributed by atoms with van der Waals surface area (Å²) in [4.78, 5) is 11.4. The number of nitro benzene ring substituents is 1. The zero-order chi connectivity index (χ0) is 20.5. The van der Waals surface area contributed by atoms with Crippen molar-refractivity contribution in [3.05, 3.63) is 51.1 Å². The molecule has 0 saturated carbocycles. The number of rotatable bonds is 6. The molecule has 0 bridgehead atoms. The van der Waals surface area contributed by atoms with Crippen molar-refractivity contribution in [2.75, 3.05) is 28.4 Å². The smallest absolute Gasteiger partial charge is 0.314 e. The van der Waals surface area contributed by atoms with E-state index in [1.165, 1.54) is 7.11 Å². The van der Waals surface area contributed by atoms with Gasteiger partial charge in [0.15, 0.2) is 17.2 Å². The lowest BCUT2D eigenvalue weighted by Gasteiger charge is -2.37. The van der Waals surface area contributed by atoms with Crippen molar-refractivity contribution in [3.8, 4) is 23.0 Å². The maximum Gasteiger partial charge on any atom is 0.314 e. The van der Waals surface area contributed by atoms with Gasteiger partial charge in [0.2, 0.25) is 5.75 Å². The Balaban J connectivity index is 2.26. The number of nitrogens with zero attached hydrogens (tertiary/aromatic N) is 1. The van der Waals surface area contributed by atoms with Crippen LogP contribution in [0.3, 0.4) is 0 Å². The van der Waals surface area contributed by atoms with Crippen molar-refractivity contribution in [3.63, 3.8) is 0 Å². The highest BCUT2D eigenvalue weighted by atomic mass is 16.6. The van der Waals surface area contributed by atoms with Gasteiger partial charge in [0.25, 0.3) is 0 Å². The Labute approximate surface area is 164 Å². The maximum atomic E-state index is 11.8. The van der Waals surface area contributed by atoms with Gasteiger partial charge in [-0.2, -0.15) is 0 Å². The molecule has 1 atom stereocenters. The minimum Gasteiger partial charge on any atom is -0.493 e. The molecule has 0 heterocycles. The molecule has 0 amide bonds. The van der Waals surface area contributed by atoms with Crippen LogP contribution in [-0.4, -0.2) is 33.4 Å². The van der Waals surface area contributed by atoms with E-state index < -0.39 is 5.41 Å². The normalized spacial score (nSPS) is 18.2. The molecule has 0 radical (unpaired) electrons. The van der Waals surface area contributed by atoms with Crippen molar-refractivity contribution in [1.82, 2.24) is 0 Å². The SMILES string of the molecule is COc1cc(C2(C)CCCc3c2ccc(OC)c3[N+](=O)[O-])cc(OC)c1OC. The first-order chi connectivity index (χ1) is 13.4. The van der Waals surface area contributed by atoms with Crippen LogP contribution in [0.1, 0.15) is 36.5 Å². The second kappa shape index (κ2) is 7.58. The summed E-state index contributed by atoms with van der Waals surface area (Å²) in [6.07, 6.45) is 2.32. The van der Waals surface area contributed by atoms with Crippen LogP contribution in [0, 0.1) is 10.1 Å². The lowest BCUT2D eigenvalue weighted by molar-refractivity contribution is -0.386. The highest BCUT2D eigenvalue weighted by molar-refractivity contribution is 5.63. The van der Waals surface area contributed by atoms with Crippen LogP contribution in [0.2, 0.25) is 0 Å². The summed E-state index contributed by atoms with van der Waals surface area (Å²) in [6.45, 7) is 2.10. The van der Waals surface area contributed by atoms with Crippen molar-refractivity contribution < 1.29 is 23.9 Å². The molecule has 150 valence electrons. The first-order valence-corrected chi connectivity index (χ1v) is 9.06. The quantitative estimate of drug-likeness (QED) is 0.544. The fourth-order valence-corrected chi connectivity index (χ4v) is 4.20. The Bertz CT molecular complexity index is 885. The number of methoxy groups -OCH3 is 4. The molecule has 1 unspecified atom stereocenters. The standard InChI is InChI=1S/C21H25NO6/c1-21(13-11-17(26-3)20(28-5)18(12-13)27-4)10-6-7-14-15(21)8-9-16(25-2)19(14)22(23)24/h8-9,11-12H,6-7,10H2,1-5H3. The van der Waals surface area contributed by atoms with Crippen molar-refractivity contribution in [2.24, 2.45) is 0 Å². The van der Waals surface area contributed by atoms with E-state index in [0.29, 0.717) is 23.7 Å². The second-order valence-electron chi connectivity index (χ2n) is 7.00. The number of benzene rings is 2. The number of hydrogen-bond acceptors (Lipinski definition) is 6. The molecular formula is C21H25NO6. The monoisotopic (exact) mass is 387 g/mol. The van der Waals surface area contributed by atoms with Crippen molar-refractivity contribution in [1.29, 1.82) is 0 Å². The molecule has 2 aromatic rings. The summed E-state index contributed by atoms with van der Waals surface area (Å²) >= 11 is 0. The van der Waals surface area contributed by atoms with Gasteiger partial charge in [-0.05, 0) is 48.6 Å². The predicted molar refractivity (Wildman–Crippen MR) is 105 cm³/mol. The van der Waals surface area contributed by atoms with E-state index in [2.05, 4.69) is 6.92 Å². The summed E-state index contributed by atoms with van der Waals surface area (Å²) in [5.74, 6) is 1.94. The molecule has 3 rings (SSSR count). The summed E-state index contributed by atoms with van der Waals surface area (Å²) in [7, 11) is 6.17. The zero-order valence-electron chi connectivity index (χ0n) is 16.8. The molecule has 0 fully saturated rings. The molecule has 0 saturated heterocycles. The predicted octanol–water partition coefficient (Wildman–Crippen LogP) is 4.27. The van der Waals surface area contributed by atoms with Crippen molar-refractivity contribution >= 4 is 5.69 Å². The van der Waals surface area contributed by atoms with Gasteiger partial charge in [-0.25, -0.2) is 0 Å².